The molecule has 0 aromatic carbocycles. The fourth-order valence-corrected chi connectivity index (χ4v) is 2.30. The second kappa shape index (κ2) is 4.76. The van der Waals surface area contributed by atoms with Gasteiger partial charge in [0.1, 0.15) is 5.41 Å². The van der Waals surface area contributed by atoms with Crippen LogP contribution in [0.15, 0.2) is 0 Å². The minimum atomic E-state index is -1.21. The first-order chi connectivity index (χ1) is 7.70. The van der Waals surface area contributed by atoms with Crippen molar-refractivity contribution in [3.63, 3.8) is 0 Å². The number of nitrogens with one attached hydrogen (secondary N) is 1. The molecule has 0 aromatic rings. The molecule has 0 bridgehead atoms. The molecule has 0 spiro atoms. The summed E-state index contributed by atoms with van der Waals surface area (Å²) < 4.78 is 11.4. The van der Waals surface area contributed by atoms with Crippen molar-refractivity contribution in [1.82, 2.24) is 5.32 Å². The molecule has 0 unspecified atom stereocenters. The fraction of sp³-hybridized carbons (Fsp3) is 0.818. The lowest BCUT2D eigenvalue weighted by Gasteiger charge is -2.18. The van der Waals surface area contributed by atoms with Crippen LogP contribution in [0, 0.1) is 5.41 Å². The van der Waals surface area contributed by atoms with Crippen LogP contribution in [0.3, 0.4) is 0 Å². The summed E-state index contributed by atoms with van der Waals surface area (Å²) in [5, 5.41) is 11.4. The number of carbonyl (C=O) groups excluding carboxylic acids is 1. The minimum Gasteiger partial charge on any atom is -0.480 e. The Balaban J connectivity index is 2.36. The Kier molecular flexibility index (Phi) is 3.96. The zero-order valence-electron chi connectivity index (χ0n) is 10.4. The van der Waals surface area contributed by atoms with Crippen LogP contribution >= 0.6 is 0 Å². The lowest BCUT2D eigenvalue weighted by Crippen LogP contribution is -2.39. The Morgan fingerprint density at radius 1 is 1.35 bits per heavy atom. The largest absolute Gasteiger partial charge is 0.480 e. The summed E-state index contributed by atoms with van der Waals surface area (Å²) in [6.45, 7) is 5.86. The lowest BCUT2D eigenvalue weighted by atomic mass is 10.1. The molecule has 6 heteroatoms. The number of carboxylic acids is 1. The van der Waals surface area contributed by atoms with Gasteiger partial charge in [0.25, 0.3) is 0 Å². The first-order valence-corrected chi connectivity index (χ1v) is 6.92. The van der Waals surface area contributed by atoms with E-state index in [9.17, 15) is 13.8 Å². The van der Waals surface area contributed by atoms with E-state index in [1.54, 1.807) is 0 Å². The van der Waals surface area contributed by atoms with Gasteiger partial charge in [0.15, 0.2) is 0 Å². The van der Waals surface area contributed by atoms with Gasteiger partial charge in [0.05, 0.1) is 0 Å². The van der Waals surface area contributed by atoms with E-state index in [4.69, 9.17) is 5.11 Å². The van der Waals surface area contributed by atoms with Crippen LogP contribution in [0.2, 0.25) is 0 Å². The van der Waals surface area contributed by atoms with Crippen LogP contribution in [0.4, 0.5) is 0 Å². The van der Waals surface area contributed by atoms with Gasteiger partial charge >= 0.3 is 5.97 Å². The third-order valence-corrected chi connectivity index (χ3v) is 4.79. The highest BCUT2D eigenvalue weighted by Gasteiger charge is 2.56. The maximum Gasteiger partial charge on any atom is 0.319 e. The molecule has 17 heavy (non-hydrogen) atoms. The van der Waals surface area contributed by atoms with E-state index in [0.29, 0.717) is 18.6 Å². The third-order valence-electron chi connectivity index (χ3n) is 2.85. The second-order valence-electron chi connectivity index (χ2n) is 5.31. The van der Waals surface area contributed by atoms with Crippen molar-refractivity contribution in [2.75, 3.05) is 12.3 Å². The predicted molar refractivity (Wildman–Crippen MR) is 65.1 cm³/mol. The van der Waals surface area contributed by atoms with Crippen molar-refractivity contribution in [3.8, 4) is 0 Å². The lowest BCUT2D eigenvalue weighted by molar-refractivity contribution is -0.148. The number of hydrogen-bond donors (Lipinski definition) is 2. The molecule has 0 heterocycles. The van der Waals surface area contributed by atoms with Gasteiger partial charge < -0.3 is 10.4 Å². The Hall–Kier alpha value is -0.910. The number of aliphatic carboxylic acids is 1. The van der Waals surface area contributed by atoms with Crippen molar-refractivity contribution in [3.05, 3.63) is 0 Å². The van der Waals surface area contributed by atoms with Gasteiger partial charge in [-0.1, -0.05) is 0 Å². The molecule has 5 nitrogen and oxygen atoms in total. The predicted octanol–water partition coefficient (Wildman–Crippen LogP) is 0.515. The van der Waals surface area contributed by atoms with E-state index in [1.807, 2.05) is 20.8 Å². The molecule has 1 fully saturated rings. The maximum absolute atomic E-state index is 11.7. The quantitative estimate of drug-likeness (QED) is 0.706. The molecule has 1 aliphatic carbocycles. The Morgan fingerprint density at radius 3 is 2.24 bits per heavy atom. The molecule has 98 valence electrons. The molecule has 0 radical (unpaired) electrons. The summed E-state index contributed by atoms with van der Waals surface area (Å²) in [7, 11) is -1.03. The van der Waals surface area contributed by atoms with E-state index in [1.165, 1.54) is 0 Å². The first kappa shape index (κ1) is 14.2. The molecular formula is C11H19NO4S. The van der Waals surface area contributed by atoms with Crippen LogP contribution in [-0.4, -0.2) is 38.2 Å². The molecule has 1 saturated carbocycles. The summed E-state index contributed by atoms with van der Waals surface area (Å²) in [6, 6.07) is 0. The van der Waals surface area contributed by atoms with Crippen molar-refractivity contribution in [2.45, 2.75) is 38.4 Å². The first-order valence-electron chi connectivity index (χ1n) is 5.60. The summed E-state index contributed by atoms with van der Waals surface area (Å²) in [5.74, 6) is -1.16. The van der Waals surface area contributed by atoms with Gasteiger partial charge in [-0.15, -0.1) is 0 Å². The molecule has 1 atom stereocenters. The number of amides is 1. The maximum atomic E-state index is 11.7. The van der Waals surface area contributed by atoms with Gasteiger partial charge in [0, 0.05) is 27.8 Å². The van der Waals surface area contributed by atoms with Gasteiger partial charge in [-0.3, -0.25) is 13.8 Å². The van der Waals surface area contributed by atoms with E-state index in [-0.39, 0.29) is 11.3 Å². The molecule has 0 aromatic heterocycles. The van der Waals surface area contributed by atoms with Crippen molar-refractivity contribution < 1.29 is 18.9 Å². The topological polar surface area (TPSA) is 83.5 Å². The highest BCUT2D eigenvalue weighted by atomic mass is 32.2. The van der Waals surface area contributed by atoms with Gasteiger partial charge in [0.2, 0.25) is 5.91 Å². The standard InChI is InChI=1S/C11H19NO4S/c1-10(2,3)17(16)7-6-12-8(13)11(4-5-11)9(14)15/h4-7H2,1-3H3,(H,12,13)(H,14,15)/t17-/m1/s1. The number of carbonyl (C=O) groups is 2. The monoisotopic (exact) mass is 261 g/mol. The van der Waals surface area contributed by atoms with Crippen LogP contribution in [0.1, 0.15) is 33.6 Å². The van der Waals surface area contributed by atoms with Gasteiger partial charge in [-0.2, -0.15) is 0 Å². The molecular weight excluding hydrogens is 242 g/mol. The van der Waals surface area contributed by atoms with E-state index < -0.39 is 28.1 Å². The number of carboxylic acid groups (broad SMARTS) is 1. The normalized spacial score (nSPS) is 19.5. The number of hydrogen-bond acceptors (Lipinski definition) is 3. The van der Waals surface area contributed by atoms with Crippen LogP contribution in [-0.2, 0) is 20.4 Å². The van der Waals surface area contributed by atoms with Crippen LogP contribution in [0.5, 0.6) is 0 Å². The zero-order valence-corrected chi connectivity index (χ0v) is 11.2. The Bertz CT molecular complexity index is 355. The summed E-state index contributed by atoms with van der Waals surface area (Å²) in [5.41, 5.74) is -1.21. The highest BCUT2D eigenvalue weighted by molar-refractivity contribution is 7.86. The molecule has 1 rings (SSSR count). The second-order valence-corrected chi connectivity index (χ2v) is 7.63. The summed E-state index contributed by atoms with van der Waals surface area (Å²) in [4.78, 5) is 22.5. The van der Waals surface area contributed by atoms with Crippen molar-refractivity contribution in [2.24, 2.45) is 5.41 Å². The molecule has 1 amide bonds. The SMILES string of the molecule is CC(C)(C)[S@](=O)CCNC(=O)C1(C(=O)O)CC1. The van der Waals surface area contributed by atoms with Gasteiger partial charge in [-0.25, -0.2) is 0 Å². The number of rotatable bonds is 5. The summed E-state index contributed by atoms with van der Waals surface area (Å²) >= 11 is 0. The van der Waals surface area contributed by atoms with Crippen LogP contribution in [0.25, 0.3) is 0 Å². The molecule has 0 aliphatic heterocycles. The molecule has 1 aliphatic rings. The van der Waals surface area contributed by atoms with Crippen LogP contribution < -0.4 is 5.32 Å². The van der Waals surface area contributed by atoms with Gasteiger partial charge in [-0.05, 0) is 33.6 Å². The third kappa shape index (κ3) is 3.28. The summed E-state index contributed by atoms with van der Waals surface area (Å²) in [6.07, 6.45) is 0.799. The minimum absolute atomic E-state index is 0.262. The zero-order chi connectivity index (χ0) is 13.3. The van der Waals surface area contributed by atoms with Crippen molar-refractivity contribution in [1.29, 1.82) is 0 Å². The fourth-order valence-electron chi connectivity index (χ4n) is 1.40. The highest BCUT2D eigenvalue weighted by Crippen LogP contribution is 2.45. The van der Waals surface area contributed by atoms with E-state index in [2.05, 4.69) is 5.32 Å². The van der Waals surface area contributed by atoms with E-state index in [0.717, 1.165) is 0 Å². The molecule has 0 saturated heterocycles. The van der Waals surface area contributed by atoms with E-state index >= 15 is 0 Å². The molecule has 2 N–H and O–H groups in total. The Labute approximate surface area is 103 Å². The van der Waals surface area contributed by atoms with Crippen molar-refractivity contribution >= 4 is 22.7 Å². The average molecular weight is 261 g/mol. The average Bonchev–Trinajstić information content (AvgIpc) is 2.96. The Morgan fingerprint density at radius 2 is 1.88 bits per heavy atom. The smallest absolute Gasteiger partial charge is 0.319 e.